The molecular formula is C12H13N3O4S. The SMILES string of the molecule is Cc1noc(C)c1CC(=O)NCc1nc(C(=O)O)cs1. The van der Waals surface area contributed by atoms with E-state index in [0.717, 1.165) is 5.56 Å². The molecule has 0 saturated carbocycles. The van der Waals surface area contributed by atoms with Gasteiger partial charge in [-0.1, -0.05) is 5.16 Å². The minimum Gasteiger partial charge on any atom is -0.476 e. The Morgan fingerprint density at radius 1 is 1.45 bits per heavy atom. The fourth-order valence-electron chi connectivity index (χ4n) is 1.64. The van der Waals surface area contributed by atoms with Gasteiger partial charge in [-0.3, -0.25) is 4.79 Å². The number of hydrogen-bond acceptors (Lipinski definition) is 6. The van der Waals surface area contributed by atoms with E-state index in [2.05, 4.69) is 15.5 Å². The fourth-order valence-corrected chi connectivity index (χ4v) is 2.35. The molecule has 2 rings (SSSR count). The summed E-state index contributed by atoms with van der Waals surface area (Å²) in [6.45, 7) is 3.74. The zero-order chi connectivity index (χ0) is 14.7. The number of aromatic carboxylic acids is 1. The molecule has 1 amide bonds. The van der Waals surface area contributed by atoms with Crippen LogP contribution < -0.4 is 5.32 Å². The molecule has 0 fully saturated rings. The van der Waals surface area contributed by atoms with Crippen molar-refractivity contribution in [3.8, 4) is 0 Å². The van der Waals surface area contributed by atoms with Crippen LogP contribution in [-0.2, 0) is 17.8 Å². The number of amides is 1. The zero-order valence-corrected chi connectivity index (χ0v) is 11.8. The molecule has 8 heteroatoms. The fraction of sp³-hybridized carbons (Fsp3) is 0.333. The van der Waals surface area contributed by atoms with Crippen molar-refractivity contribution in [1.29, 1.82) is 0 Å². The normalized spacial score (nSPS) is 10.5. The minimum absolute atomic E-state index is 0.00928. The lowest BCUT2D eigenvalue weighted by Crippen LogP contribution is -2.25. The van der Waals surface area contributed by atoms with Crippen molar-refractivity contribution in [3.05, 3.63) is 33.1 Å². The van der Waals surface area contributed by atoms with E-state index in [1.807, 2.05) is 0 Å². The Morgan fingerprint density at radius 3 is 2.75 bits per heavy atom. The Hall–Kier alpha value is -2.22. The van der Waals surface area contributed by atoms with Gasteiger partial charge in [-0.15, -0.1) is 11.3 Å². The van der Waals surface area contributed by atoms with Crippen LogP contribution in [0.15, 0.2) is 9.90 Å². The van der Waals surface area contributed by atoms with Crippen molar-refractivity contribution >= 4 is 23.2 Å². The van der Waals surface area contributed by atoms with Gasteiger partial charge in [0.25, 0.3) is 0 Å². The third kappa shape index (κ3) is 3.21. The summed E-state index contributed by atoms with van der Waals surface area (Å²) in [5.74, 6) is -0.638. The second-order valence-corrected chi connectivity index (χ2v) is 5.13. The summed E-state index contributed by atoms with van der Waals surface area (Å²) in [5.41, 5.74) is 1.46. The number of carboxylic acid groups (broad SMARTS) is 1. The van der Waals surface area contributed by atoms with Crippen molar-refractivity contribution < 1.29 is 19.2 Å². The van der Waals surface area contributed by atoms with Crippen LogP contribution in [0.5, 0.6) is 0 Å². The smallest absolute Gasteiger partial charge is 0.355 e. The number of carbonyl (C=O) groups is 2. The van der Waals surface area contributed by atoms with Gasteiger partial charge in [0, 0.05) is 10.9 Å². The quantitative estimate of drug-likeness (QED) is 0.861. The monoisotopic (exact) mass is 295 g/mol. The molecule has 0 radical (unpaired) electrons. The number of hydrogen-bond donors (Lipinski definition) is 2. The van der Waals surface area contributed by atoms with Gasteiger partial charge in [0.05, 0.1) is 18.7 Å². The van der Waals surface area contributed by atoms with E-state index in [4.69, 9.17) is 9.63 Å². The molecule has 20 heavy (non-hydrogen) atoms. The predicted octanol–water partition coefficient (Wildman–Crippen LogP) is 1.31. The topological polar surface area (TPSA) is 105 Å². The van der Waals surface area contributed by atoms with Crippen molar-refractivity contribution in [2.75, 3.05) is 0 Å². The van der Waals surface area contributed by atoms with Crippen molar-refractivity contribution in [2.24, 2.45) is 0 Å². The average molecular weight is 295 g/mol. The van der Waals surface area contributed by atoms with Crippen LogP contribution in [0.4, 0.5) is 0 Å². The van der Waals surface area contributed by atoms with Gasteiger partial charge >= 0.3 is 5.97 Å². The maximum absolute atomic E-state index is 11.8. The highest BCUT2D eigenvalue weighted by atomic mass is 32.1. The van der Waals surface area contributed by atoms with E-state index in [1.165, 1.54) is 16.7 Å². The first-order valence-corrected chi connectivity index (χ1v) is 6.71. The Kier molecular flexibility index (Phi) is 4.14. The average Bonchev–Trinajstić information content (AvgIpc) is 2.98. The minimum atomic E-state index is -1.07. The van der Waals surface area contributed by atoms with Gasteiger partial charge in [0.2, 0.25) is 5.91 Å². The number of aryl methyl sites for hydroxylation is 2. The van der Waals surface area contributed by atoms with Crippen LogP contribution in [0.25, 0.3) is 0 Å². The molecule has 0 aliphatic heterocycles. The third-order valence-electron chi connectivity index (χ3n) is 2.73. The second-order valence-electron chi connectivity index (χ2n) is 4.19. The first kappa shape index (κ1) is 14.2. The highest BCUT2D eigenvalue weighted by molar-refractivity contribution is 7.09. The summed E-state index contributed by atoms with van der Waals surface area (Å²) in [6, 6.07) is 0. The molecule has 2 aromatic heterocycles. The molecule has 0 aliphatic rings. The zero-order valence-electron chi connectivity index (χ0n) is 11.0. The summed E-state index contributed by atoms with van der Waals surface area (Å²) in [7, 11) is 0. The maximum atomic E-state index is 11.8. The van der Waals surface area contributed by atoms with E-state index >= 15 is 0 Å². The van der Waals surface area contributed by atoms with Crippen LogP contribution in [0.2, 0.25) is 0 Å². The van der Waals surface area contributed by atoms with Crippen LogP contribution in [0.1, 0.15) is 32.5 Å². The lowest BCUT2D eigenvalue weighted by atomic mass is 10.1. The lowest BCUT2D eigenvalue weighted by Gasteiger charge is -2.02. The lowest BCUT2D eigenvalue weighted by molar-refractivity contribution is -0.120. The standard InChI is InChI=1S/C12H13N3O4S/c1-6-8(7(2)19-15-6)3-10(16)13-4-11-14-9(5-20-11)12(17)18/h5H,3-4H2,1-2H3,(H,13,16)(H,17,18). The Labute approximate surface area is 118 Å². The van der Waals surface area contributed by atoms with Gasteiger partial charge in [-0.05, 0) is 13.8 Å². The Morgan fingerprint density at radius 2 is 2.20 bits per heavy atom. The number of nitrogens with one attached hydrogen (secondary N) is 1. The highest BCUT2D eigenvalue weighted by Gasteiger charge is 2.14. The van der Waals surface area contributed by atoms with Gasteiger partial charge in [-0.2, -0.15) is 0 Å². The van der Waals surface area contributed by atoms with Crippen molar-refractivity contribution in [1.82, 2.24) is 15.5 Å². The van der Waals surface area contributed by atoms with Crippen LogP contribution >= 0.6 is 11.3 Å². The summed E-state index contributed by atoms with van der Waals surface area (Å²) in [6.07, 6.45) is 0.179. The number of rotatable bonds is 5. The molecule has 0 unspecified atom stereocenters. The van der Waals surface area contributed by atoms with Gasteiger partial charge < -0.3 is 14.9 Å². The third-order valence-corrected chi connectivity index (χ3v) is 3.58. The summed E-state index contributed by atoms with van der Waals surface area (Å²) < 4.78 is 4.98. The molecular weight excluding hydrogens is 282 g/mol. The number of thiazole rings is 1. The summed E-state index contributed by atoms with van der Waals surface area (Å²) >= 11 is 1.20. The van der Waals surface area contributed by atoms with Crippen LogP contribution in [-0.4, -0.2) is 27.1 Å². The van der Waals surface area contributed by atoms with Crippen molar-refractivity contribution in [2.45, 2.75) is 26.8 Å². The molecule has 106 valence electrons. The molecule has 0 atom stereocenters. The molecule has 2 aromatic rings. The van der Waals surface area contributed by atoms with E-state index in [1.54, 1.807) is 13.8 Å². The summed E-state index contributed by atoms with van der Waals surface area (Å²) in [4.78, 5) is 26.4. The number of carbonyl (C=O) groups excluding carboxylic acids is 1. The summed E-state index contributed by atoms with van der Waals surface area (Å²) in [5, 5.41) is 17.2. The maximum Gasteiger partial charge on any atom is 0.355 e. The van der Waals surface area contributed by atoms with E-state index in [-0.39, 0.29) is 24.6 Å². The van der Waals surface area contributed by atoms with Crippen LogP contribution in [0.3, 0.4) is 0 Å². The first-order chi connectivity index (χ1) is 9.47. The second kappa shape index (κ2) is 5.83. The highest BCUT2D eigenvalue weighted by Crippen LogP contribution is 2.13. The van der Waals surface area contributed by atoms with E-state index < -0.39 is 5.97 Å². The van der Waals surface area contributed by atoms with Gasteiger partial charge in [0.15, 0.2) is 5.69 Å². The molecule has 0 saturated heterocycles. The molecule has 0 aromatic carbocycles. The van der Waals surface area contributed by atoms with E-state index in [0.29, 0.717) is 16.5 Å². The first-order valence-electron chi connectivity index (χ1n) is 5.83. The number of aromatic nitrogens is 2. The molecule has 2 heterocycles. The molecule has 0 bridgehead atoms. The van der Waals surface area contributed by atoms with Crippen molar-refractivity contribution in [3.63, 3.8) is 0 Å². The number of carboxylic acids is 1. The van der Waals surface area contributed by atoms with Gasteiger partial charge in [0.1, 0.15) is 10.8 Å². The molecule has 0 spiro atoms. The largest absolute Gasteiger partial charge is 0.476 e. The predicted molar refractivity (Wildman–Crippen MR) is 70.6 cm³/mol. The number of nitrogens with zero attached hydrogens (tertiary/aromatic N) is 2. The Bertz CT molecular complexity index is 627. The van der Waals surface area contributed by atoms with Crippen LogP contribution in [0, 0.1) is 13.8 Å². The Balaban J connectivity index is 1.90. The van der Waals surface area contributed by atoms with Gasteiger partial charge in [-0.25, -0.2) is 9.78 Å². The molecule has 2 N–H and O–H groups in total. The molecule has 7 nitrogen and oxygen atoms in total. The van der Waals surface area contributed by atoms with E-state index in [9.17, 15) is 9.59 Å². The molecule has 0 aliphatic carbocycles.